The minimum Gasteiger partial charge on any atom is -0.295 e. The van der Waals surface area contributed by atoms with Crippen molar-refractivity contribution in [3.8, 4) is 0 Å². The van der Waals surface area contributed by atoms with Gasteiger partial charge in [-0.1, -0.05) is 30.3 Å². The molecule has 0 saturated carbocycles. The van der Waals surface area contributed by atoms with Crippen LogP contribution < -0.4 is 0 Å². The van der Waals surface area contributed by atoms with Crippen LogP contribution in [0, 0.1) is 0 Å². The fraction of sp³-hybridized carbons (Fsp3) is 0.538. The zero-order valence-corrected chi connectivity index (χ0v) is 11.0. The molecule has 1 aromatic rings. The molecule has 4 heteroatoms. The highest BCUT2D eigenvalue weighted by atomic mass is 32.2. The van der Waals surface area contributed by atoms with Crippen LogP contribution in [0.25, 0.3) is 0 Å². The first-order chi connectivity index (χ1) is 8.06. The maximum atomic E-state index is 11.5. The SMILES string of the molecule is CS(=O)(=O)CC(c1ccccc1)N1CCCC1. The molecule has 1 aromatic carbocycles. The number of sulfone groups is 1. The van der Waals surface area contributed by atoms with Crippen molar-refractivity contribution in [2.45, 2.75) is 18.9 Å². The van der Waals surface area contributed by atoms with Crippen LogP contribution in [-0.2, 0) is 9.84 Å². The van der Waals surface area contributed by atoms with E-state index < -0.39 is 9.84 Å². The first kappa shape index (κ1) is 12.6. The lowest BCUT2D eigenvalue weighted by Crippen LogP contribution is -2.30. The Labute approximate surface area is 103 Å². The van der Waals surface area contributed by atoms with Crippen LogP contribution in [0.1, 0.15) is 24.4 Å². The molecular weight excluding hydrogens is 234 g/mol. The standard InChI is InChI=1S/C13H19NO2S/c1-17(15,16)11-13(14-9-5-6-10-14)12-7-3-2-4-8-12/h2-4,7-8,13H,5-6,9-11H2,1H3. The number of nitrogens with zero attached hydrogens (tertiary/aromatic N) is 1. The average molecular weight is 253 g/mol. The molecule has 1 saturated heterocycles. The summed E-state index contributed by atoms with van der Waals surface area (Å²) in [5.41, 5.74) is 1.11. The van der Waals surface area contributed by atoms with E-state index in [1.807, 2.05) is 30.3 Å². The molecule has 1 unspecified atom stereocenters. The molecule has 0 amide bonds. The van der Waals surface area contributed by atoms with Crippen molar-refractivity contribution in [2.24, 2.45) is 0 Å². The fourth-order valence-electron chi connectivity index (χ4n) is 2.43. The summed E-state index contributed by atoms with van der Waals surface area (Å²) in [6.45, 7) is 2.02. The highest BCUT2D eigenvalue weighted by Gasteiger charge is 2.26. The van der Waals surface area contributed by atoms with E-state index in [4.69, 9.17) is 0 Å². The zero-order chi connectivity index (χ0) is 12.3. The molecular formula is C13H19NO2S. The van der Waals surface area contributed by atoms with Gasteiger partial charge in [-0.3, -0.25) is 4.90 Å². The van der Waals surface area contributed by atoms with E-state index in [-0.39, 0.29) is 11.8 Å². The van der Waals surface area contributed by atoms with Gasteiger partial charge in [-0.2, -0.15) is 0 Å². The summed E-state index contributed by atoms with van der Waals surface area (Å²) in [6.07, 6.45) is 3.67. The van der Waals surface area contributed by atoms with Crippen molar-refractivity contribution in [2.75, 3.05) is 25.1 Å². The lowest BCUT2D eigenvalue weighted by Gasteiger charge is -2.27. The van der Waals surface area contributed by atoms with Crippen molar-refractivity contribution in [1.29, 1.82) is 0 Å². The van der Waals surface area contributed by atoms with Crippen molar-refractivity contribution in [1.82, 2.24) is 4.90 Å². The molecule has 94 valence electrons. The summed E-state index contributed by atoms with van der Waals surface area (Å²) in [5, 5.41) is 0. The molecule has 1 fully saturated rings. The van der Waals surface area contributed by atoms with Crippen LogP contribution >= 0.6 is 0 Å². The van der Waals surface area contributed by atoms with Crippen molar-refractivity contribution in [3.05, 3.63) is 35.9 Å². The third kappa shape index (κ3) is 3.54. The first-order valence-electron chi connectivity index (χ1n) is 6.03. The maximum Gasteiger partial charge on any atom is 0.149 e. The molecule has 1 atom stereocenters. The predicted molar refractivity (Wildman–Crippen MR) is 69.7 cm³/mol. The molecule has 1 heterocycles. The lowest BCUT2D eigenvalue weighted by atomic mass is 10.1. The molecule has 0 bridgehead atoms. The van der Waals surface area contributed by atoms with Crippen molar-refractivity contribution < 1.29 is 8.42 Å². The van der Waals surface area contributed by atoms with Crippen molar-refractivity contribution >= 4 is 9.84 Å². The van der Waals surface area contributed by atoms with Gasteiger partial charge in [-0.15, -0.1) is 0 Å². The third-order valence-electron chi connectivity index (χ3n) is 3.23. The van der Waals surface area contributed by atoms with Crippen LogP contribution in [0.15, 0.2) is 30.3 Å². The summed E-state index contributed by atoms with van der Waals surface area (Å²) in [6, 6.07) is 9.98. The summed E-state index contributed by atoms with van der Waals surface area (Å²) in [4.78, 5) is 2.29. The van der Waals surface area contributed by atoms with E-state index in [0.717, 1.165) is 18.7 Å². The van der Waals surface area contributed by atoms with E-state index in [0.29, 0.717) is 0 Å². The van der Waals surface area contributed by atoms with Gasteiger partial charge in [0.2, 0.25) is 0 Å². The molecule has 0 aliphatic carbocycles. The normalized spacial score (nSPS) is 19.4. The molecule has 3 nitrogen and oxygen atoms in total. The first-order valence-corrected chi connectivity index (χ1v) is 8.09. The van der Waals surface area contributed by atoms with E-state index in [1.165, 1.54) is 19.1 Å². The van der Waals surface area contributed by atoms with Crippen LogP contribution in [0.4, 0.5) is 0 Å². The predicted octanol–water partition coefficient (Wildman–Crippen LogP) is 1.87. The van der Waals surface area contributed by atoms with E-state index in [2.05, 4.69) is 4.90 Å². The van der Waals surface area contributed by atoms with Gasteiger partial charge < -0.3 is 0 Å². The number of hydrogen-bond acceptors (Lipinski definition) is 3. The molecule has 2 rings (SSSR count). The van der Waals surface area contributed by atoms with E-state index >= 15 is 0 Å². The van der Waals surface area contributed by atoms with Crippen LogP contribution in [0.5, 0.6) is 0 Å². The average Bonchev–Trinajstić information content (AvgIpc) is 2.79. The summed E-state index contributed by atoms with van der Waals surface area (Å²) in [5.74, 6) is 0.219. The minimum atomic E-state index is -2.95. The zero-order valence-electron chi connectivity index (χ0n) is 10.2. The van der Waals surface area contributed by atoms with Gasteiger partial charge in [-0.25, -0.2) is 8.42 Å². The smallest absolute Gasteiger partial charge is 0.149 e. The second-order valence-corrected chi connectivity index (χ2v) is 6.95. The Hall–Kier alpha value is -0.870. The Morgan fingerprint density at radius 2 is 1.76 bits per heavy atom. The molecule has 0 aromatic heterocycles. The van der Waals surface area contributed by atoms with Gasteiger partial charge in [-0.05, 0) is 31.5 Å². The largest absolute Gasteiger partial charge is 0.295 e. The van der Waals surface area contributed by atoms with Crippen LogP contribution in [0.3, 0.4) is 0 Å². The van der Waals surface area contributed by atoms with Gasteiger partial charge in [0.15, 0.2) is 0 Å². The highest BCUT2D eigenvalue weighted by molar-refractivity contribution is 7.90. The molecule has 0 radical (unpaired) electrons. The minimum absolute atomic E-state index is 0.0219. The lowest BCUT2D eigenvalue weighted by molar-refractivity contribution is 0.265. The Bertz CT molecular complexity index is 450. The van der Waals surface area contributed by atoms with E-state index in [1.54, 1.807) is 0 Å². The molecule has 1 aliphatic heterocycles. The van der Waals surface area contributed by atoms with Gasteiger partial charge >= 0.3 is 0 Å². The number of likely N-dealkylation sites (tertiary alicyclic amines) is 1. The Morgan fingerprint density at radius 3 is 2.29 bits per heavy atom. The van der Waals surface area contributed by atoms with Crippen LogP contribution in [0.2, 0.25) is 0 Å². The summed E-state index contributed by atoms with van der Waals surface area (Å²) >= 11 is 0. The second-order valence-electron chi connectivity index (χ2n) is 4.76. The second kappa shape index (κ2) is 5.19. The molecule has 0 spiro atoms. The summed E-state index contributed by atoms with van der Waals surface area (Å²) in [7, 11) is -2.95. The molecule has 17 heavy (non-hydrogen) atoms. The summed E-state index contributed by atoms with van der Waals surface area (Å²) < 4.78 is 23.1. The highest BCUT2D eigenvalue weighted by Crippen LogP contribution is 2.26. The quantitative estimate of drug-likeness (QED) is 0.822. The Morgan fingerprint density at radius 1 is 1.18 bits per heavy atom. The third-order valence-corrected chi connectivity index (χ3v) is 4.15. The Balaban J connectivity index is 2.23. The number of rotatable bonds is 4. The number of benzene rings is 1. The van der Waals surface area contributed by atoms with Gasteiger partial charge in [0, 0.05) is 12.3 Å². The van der Waals surface area contributed by atoms with Crippen LogP contribution in [-0.4, -0.2) is 38.4 Å². The monoisotopic (exact) mass is 253 g/mol. The maximum absolute atomic E-state index is 11.5. The van der Waals surface area contributed by atoms with Gasteiger partial charge in [0.05, 0.1) is 5.75 Å². The topological polar surface area (TPSA) is 37.4 Å². The fourth-order valence-corrected chi connectivity index (χ4v) is 3.40. The van der Waals surface area contributed by atoms with Gasteiger partial charge in [0.1, 0.15) is 9.84 Å². The van der Waals surface area contributed by atoms with E-state index in [9.17, 15) is 8.42 Å². The molecule has 0 N–H and O–H groups in total. The Kier molecular flexibility index (Phi) is 3.84. The van der Waals surface area contributed by atoms with Gasteiger partial charge in [0.25, 0.3) is 0 Å². The number of hydrogen-bond donors (Lipinski definition) is 0. The molecule has 1 aliphatic rings. The van der Waals surface area contributed by atoms with Crippen molar-refractivity contribution in [3.63, 3.8) is 0 Å².